The molecule has 1 saturated heterocycles. The van der Waals surface area contributed by atoms with Crippen LogP contribution in [0.1, 0.15) is 11.6 Å². The van der Waals surface area contributed by atoms with Crippen LogP contribution in [0.2, 0.25) is 0 Å². The second-order valence-electron chi connectivity index (χ2n) is 4.78. The molecule has 0 spiro atoms. The Bertz CT molecular complexity index is 526. The van der Waals surface area contributed by atoms with Gasteiger partial charge in [0.1, 0.15) is 6.67 Å². The smallest absolute Gasteiger partial charge is 0.109 e. The van der Waals surface area contributed by atoms with Gasteiger partial charge in [0.25, 0.3) is 0 Å². The molecule has 112 valence electrons. The number of nitrogens with one attached hydrogen (secondary N) is 2. The highest BCUT2D eigenvalue weighted by Gasteiger charge is 2.22. The van der Waals surface area contributed by atoms with Crippen molar-refractivity contribution in [1.29, 1.82) is 0 Å². The topological polar surface area (TPSA) is 31.1 Å². The fourth-order valence-electron chi connectivity index (χ4n) is 2.67. The minimum Gasteiger partial charge on any atom is -0.361 e. The molecule has 1 fully saturated rings. The van der Waals surface area contributed by atoms with Crippen molar-refractivity contribution in [2.24, 2.45) is 0 Å². The number of aromatic nitrogens is 1. The van der Waals surface area contributed by atoms with E-state index in [4.69, 9.17) is 0 Å². The number of alkyl halides is 1. The van der Waals surface area contributed by atoms with Gasteiger partial charge in [0, 0.05) is 37.9 Å². The van der Waals surface area contributed by atoms with Crippen molar-refractivity contribution in [1.82, 2.24) is 15.2 Å². The van der Waals surface area contributed by atoms with Crippen molar-refractivity contribution in [2.45, 2.75) is 6.04 Å². The molecular weight excluding hydrogens is 300 g/mol. The van der Waals surface area contributed by atoms with Gasteiger partial charge >= 0.3 is 0 Å². The van der Waals surface area contributed by atoms with E-state index < -0.39 is 0 Å². The van der Waals surface area contributed by atoms with Gasteiger partial charge in [0.15, 0.2) is 0 Å². The zero-order valence-corrected chi connectivity index (χ0v) is 12.8. The predicted molar refractivity (Wildman–Crippen MR) is 86.0 cm³/mol. The number of piperazine rings is 1. The number of aromatic amines is 1. The number of rotatable bonds is 3. The Morgan fingerprint density at radius 1 is 1.15 bits per heavy atom. The van der Waals surface area contributed by atoms with Crippen LogP contribution in [0.5, 0.6) is 0 Å². The fraction of sp³-hybridized carbons (Fsp3) is 0.429. The number of halogens is 3. The number of hydrogen-bond donors (Lipinski definition) is 2. The van der Waals surface area contributed by atoms with Crippen molar-refractivity contribution in [3.05, 3.63) is 36.0 Å². The van der Waals surface area contributed by atoms with E-state index in [9.17, 15) is 4.39 Å². The Labute approximate surface area is 130 Å². The summed E-state index contributed by atoms with van der Waals surface area (Å²) in [7, 11) is 0. The van der Waals surface area contributed by atoms with Gasteiger partial charge in [0.2, 0.25) is 0 Å². The first-order valence-corrected chi connectivity index (χ1v) is 6.46. The van der Waals surface area contributed by atoms with E-state index in [1.165, 1.54) is 0 Å². The maximum Gasteiger partial charge on any atom is 0.109 e. The largest absolute Gasteiger partial charge is 0.361 e. The lowest BCUT2D eigenvalue weighted by atomic mass is 10.0. The second-order valence-corrected chi connectivity index (χ2v) is 4.78. The van der Waals surface area contributed by atoms with Gasteiger partial charge in [-0.15, -0.1) is 24.8 Å². The highest BCUT2D eigenvalue weighted by atomic mass is 35.5. The molecule has 1 aromatic carbocycles. The molecule has 0 bridgehead atoms. The van der Waals surface area contributed by atoms with Gasteiger partial charge in [-0.05, 0) is 29.1 Å². The summed E-state index contributed by atoms with van der Waals surface area (Å²) in [6, 6.07) is 8.09. The van der Waals surface area contributed by atoms with Gasteiger partial charge in [0.05, 0.1) is 6.04 Å². The van der Waals surface area contributed by atoms with Gasteiger partial charge in [-0.3, -0.25) is 4.90 Å². The van der Waals surface area contributed by atoms with E-state index in [-0.39, 0.29) is 37.5 Å². The Balaban J connectivity index is 0.000001000. The molecule has 6 heteroatoms. The van der Waals surface area contributed by atoms with E-state index >= 15 is 0 Å². The molecule has 0 amide bonds. The third kappa shape index (κ3) is 3.44. The van der Waals surface area contributed by atoms with Crippen molar-refractivity contribution in [3.8, 4) is 0 Å². The molecule has 1 aromatic heterocycles. The van der Waals surface area contributed by atoms with Crippen molar-refractivity contribution >= 4 is 35.7 Å². The highest BCUT2D eigenvalue weighted by Crippen LogP contribution is 2.25. The normalized spacial score (nSPS) is 17.2. The molecule has 3 nitrogen and oxygen atoms in total. The van der Waals surface area contributed by atoms with Crippen LogP contribution in [0.15, 0.2) is 30.5 Å². The Kier molecular flexibility index (Phi) is 6.76. The summed E-state index contributed by atoms with van der Waals surface area (Å²) in [6.45, 7) is 3.40. The maximum atomic E-state index is 13.4. The van der Waals surface area contributed by atoms with Crippen LogP contribution in [0.3, 0.4) is 0 Å². The van der Waals surface area contributed by atoms with E-state index in [1.54, 1.807) is 0 Å². The fourth-order valence-corrected chi connectivity index (χ4v) is 2.67. The highest BCUT2D eigenvalue weighted by molar-refractivity contribution is 5.85. The molecule has 2 heterocycles. The Morgan fingerprint density at radius 2 is 1.90 bits per heavy atom. The average molecular weight is 320 g/mol. The second kappa shape index (κ2) is 7.84. The molecule has 2 N–H and O–H groups in total. The quantitative estimate of drug-likeness (QED) is 0.911. The summed E-state index contributed by atoms with van der Waals surface area (Å²) in [4.78, 5) is 5.39. The Morgan fingerprint density at radius 3 is 2.60 bits per heavy atom. The minimum absolute atomic E-state index is 0. The lowest BCUT2D eigenvalue weighted by molar-refractivity contribution is 0.147. The van der Waals surface area contributed by atoms with Crippen LogP contribution >= 0.6 is 24.8 Å². The lowest BCUT2D eigenvalue weighted by Gasteiger charge is -2.33. The van der Waals surface area contributed by atoms with Crippen LogP contribution in [-0.2, 0) is 0 Å². The standard InChI is InChI=1S/C14H18FN3.2ClH/c15-10-14(18-7-5-16-6-8-18)12-1-2-13-11(9-12)3-4-17-13;;/h1-4,9,14,16-17H,5-8,10H2;2*1H/t14-;;/m0../s1. The lowest BCUT2D eigenvalue weighted by Crippen LogP contribution is -2.45. The van der Waals surface area contributed by atoms with Crippen molar-refractivity contribution < 1.29 is 4.39 Å². The number of benzene rings is 1. The number of H-pyrrole nitrogens is 1. The van der Waals surface area contributed by atoms with E-state index in [1.807, 2.05) is 24.4 Å². The van der Waals surface area contributed by atoms with Gasteiger partial charge in [-0.1, -0.05) is 6.07 Å². The van der Waals surface area contributed by atoms with Crippen molar-refractivity contribution in [2.75, 3.05) is 32.9 Å². The van der Waals surface area contributed by atoms with E-state index in [2.05, 4.69) is 21.3 Å². The van der Waals surface area contributed by atoms with Gasteiger partial charge < -0.3 is 10.3 Å². The van der Waals surface area contributed by atoms with Gasteiger partial charge in [-0.25, -0.2) is 4.39 Å². The summed E-state index contributed by atoms with van der Waals surface area (Å²) in [5.41, 5.74) is 2.18. The first-order valence-electron chi connectivity index (χ1n) is 6.46. The van der Waals surface area contributed by atoms with Crippen LogP contribution in [0.25, 0.3) is 10.9 Å². The summed E-state index contributed by atoms with van der Waals surface area (Å²) >= 11 is 0. The molecular formula is C14H20Cl2FN3. The predicted octanol–water partition coefficient (Wildman–Crippen LogP) is 2.93. The molecule has 20 heavy (non-hydrogen) atoms. The van der Waals surface area contributed by atoms with Crippen LogP contribution in [0, 0.1) is 0 Å². The number of hydrogen-bond acceptors (Lipinski definition) is 2. The zero-order chi connectivity index (χ0) is 12.4. The molecule has 0 aliphatic carbocycles. The summed E-state index contributed by atoms with van der Waals surface area (Å²) < 4.78 is 13.4. The third-order valence-electron chi connectivity index (χ3n) is 3.70. The maximum absolute atomic E-state index is 13.4. The average Bonchev–Trinajstić information content (AvgIpc) is 2.88. The molecule has 2 aromatic rings. The van der Waals surface area contributed by atoms with Gasteiger partial charge in [-0.2, -0.15) is 0 Å². The third-order valence-corrected chi connectivity index (χ3v) is 3.70. The first kappa shape index (κ1) is 17.2. The minimum atomic E-state index is -0.323. The summed E-state index contributed by atoms with van der Waals surface area (Å²) in [5.74, 6) is 0. The molecule has 0 radical (unpaired) electrons. The monoisotopic (exact) mass is 319 g/mol. The molecule has 1 aliphatic rings. The Hall–Kier alpha value is -0.810. The molecule has 3 rings (SSSR count). The van der Waals surface area contributed by atoms with E-state index in [0.29, 0.717) is 0 Å². The number of nitrogens with zero attached hydrogens (tertiary/aromatic N) is 1. The summed E-state index contributed by atoms with van der Waals surface area (Å²) in [6.07, 6.45) is 1.92. The van der Waals surface area contributed by atoms with Crippen LogP contribution in [0.4, 0.5) is 4.39 Å². The zero-order valence-electron chi connectivity index (χ0n) is 11.1. The number of fused-ring (bicyclic) bond motifs is 1. The first-order chi connectivity index (χ1) is 8.88. The van der Waals surface area contributed by atoms with E-state index in [0.717, 1.165) is 42.6 Å². The molecule has 1 atom stereocenters. The van der Waals surface area contributed by atoms with Crippen molar-refractivity contribution in [3.63, 3.8) is 0 Å². The molecule has 0 saturated carbocycles. The van der Waals surface area contributed by atoms with Crippen LogP contribution < -0.4 is 5.32 Å². The SMILES string of the molecule is Cl.Cl.FC[C@@H](c1ccc2[nH]ccc2c1)N1CCNCC1. The molecule has 0 unspecified atom stereocenters. The van der Waals surface area contributed by atoms with Crippen LogP contribution in [-0.4, -0.2) is 42.7 Å². The summed E-state index contributed by atoms with van der Waals surface area (Å²) in [5, 5.41) is 4.46. The molecule has 1 aliphatic heterocycles.